The SMILES string of the molecule is O=C(O)NS(=O)(=O)CCc1ccccc1. The van der Waals surface area contributed by atoms with Crippen molar-refractivity contribution in [2.24, 2.45) is 0 Å². The van der Waals surface area contributed by atoms with Crippen LogP contribution in [0.5, 0.6) is 0 Å². The minimum Gasteiger partial charge on any atom is -0.464 e. The highest BCUT2D eigenvalue weighted by molar-refractivity contribution is 7.90. The molecule has 0 aliphatic rings. The lowest BCUT2D eigenvalue weighted by atomic mass is 10.2. The van der Waals surface area contributed by atoms with Crippen molar-refractivity contribution in [2.45, 2.75) is 6.42 Å². The van der Waals surface area contributed by atoms with Crippen molar-refractivity contribution >= 4 is 16.1 Å². The number of sulfonamides is 1. The zero-order chi connectivity index (χ0) is 11.3. The molecule has 5 nitrogen and oxygen atoms in total. The van der Waals surface area contributed by atoms with E-state index in [9.17, 15) is 13.2 Å². The average molecular weight is 229 g/mol. The van der Waals surface area contributed by atoms with Gasteiger partial charge in [0.15, 0.2) is 0 Å². The molecule has 0 atom stereocenters. The van der Waals surface area contributed by atoms with E-state index in [1.54, 1.807) is 24.3 Å². The van der Waals surface area contributed by atoms with Gasteiger partial charge in [-0.2, -0.15) is 0 Å². The van der Waals surface area contributed by atoms with E-state index in [2.05, 4.69) is 0 Å². The summed E-state index contributed by atoms with van der Waals surface area (Å²) in [5.74, 6) is -0.233. The second kappa shape index (κ2) is 4.79. The molecular weight excluding hydrogens is 218 g/mol. The minimum atomic E-state index is -3.73. The zero-order valence-electron chi connectivity index (χ0n) is 7.88. The molecule has 0 bridgehead atoms. The van der Waals surface area contributed by atoms with Crippen molar-refractivity contribution in [3.05, 3.63) is 35.9 Å². The molecule has 1 amide bonds. The van der Waals surface area contributed by atoms with E-state index in [4.69, 9.17) is 5.11 Å². The highest BCUT2D eigenvalue weighted by Crippen LogP contribution is 2.01. The molecule has 15 heavy (non-hydrogen) atoms. The van der Waals surface area contributed by atoms with Gasteiger partial charge in [0.2, 0.25) is 10.0 Å². The maximum atomic E-state index is 11.1. The summed E-state index contributed by atoms with van der Waals surface area (Å²) < 4.78 is 23.7. The summed E-state index contributed by atoms with van der Waals surface area (Å²) in [6.07, 6.45) is -1.26. The number of benzene rings is 1. The predicted molar refractivity (Wildman–Crippen MR) is 55.1 cm³/mol. The molecule has 0 unspecified atom stereocenters. The van der Waals surface area contributed by atoms with Crippen LogP contribution in [0.25, 0.3) is 0 Å². The summed E-state index contributed by atoms with van der Waals surface area (Å²) in [6, 6.07) is 9.00. The number of carboxylic acid groups (broad SMARTS) is 1. The summed E-state index contributed by atoms with van der Waals surface area (Å²) in [7, 11) is -3.73. The van der Waals surface area contributed by atoms with Crippen molar-refractivity contribution in [2.75, 3.05) is 5.75 Å². The van der Waals surface area contributed by atoms with Gasteiger partial charge in [0.1, 0.15) is 0 Å². The molecule has 82 valence electrons. The van der Waals surface area contributed by atoms with E-state index in [1.807, 2.05) is 6.07 Å². The average Bonchev–Trinajstić information content (AvgIpc) is 2.15. The van der Waals surface area contributed by atoms with Crippen molar-refractivity contribution in [3.63, 3.8) is 0 Å². The van der Waals surface area contributed by atoms with Crippen LogP contribution in [0.15, 0.2) is 30.3 Å². The third kappa shape index (κ3) is 4.46. The fourth-order valence-corrected chi connectivity index (χ4v) is 1.95. The third-order valence-corrected chi connectivity index (χ3v) is 2.97. The van der Waals surface area contributed by atoms with Crippen molar-refractivity contribution in [3.8, 4) is 0 Å². The molecule has 0 radical (unpaired) electrons. The highest BCUT2D eigenvalue weighted by Gasteiger charge is 2.12. The summed E-state index contributed by atoms with van der Waals surface area (Å²) in [6.45, 7) is 0. The van der Waals surface area contributed by atoms with E-state index in [0.717, 1.165) is 5.56 Å². The van der Waals surface area contributed by atoms with Gasteiger partial charge < -0.3 is 5.11 Å². The van der Waals surface area contributed by atoms with Crippen LogP contribution in [0.3, 0.4) is 0 Å². The minimum absolute atomic E-state index is 0.233. The first-order valence-corrected chi connectivity index (χ1v) is 5.92. The van der Waals surface area contributed by atoms with Gasteiger partial charge in [-0.15, -0.1) is 0 Å². The third-order valence-electron chi connectivity index (χ3n) is 1.75. The van der Waals surface area contributed by atoms with Crippen molar-refractivity contribution in [1.29, 1.82) is 0 Å². The number of amides is 1. The maximum absolute atomic E-state index is 11.1. The Morgan fingerprint density at radius 3 is 2.40 bits per heavy atom. The lowest BCUT2D eigenvalue weighted by Crippen LogP contribution is -2.31. The van der Waals surface area contributed by atoms with E-state index in [-0.39, 0.29) is 5.75 Å². The smallest absolute Gasteiger partial charge is 0.418 e. The lowest BCUT2D eigenvalue weighted by Gasteiger charge is -2.03. The first-order chi connectivity index (χ1) is 6.99. The Kier molecular flexibility index (Phi) is 3.68. The first-order valence-electron chi connectivity index (χ1n) is 4.27. The fourth-order valence-electron chi connectivity index (χ4n) is 1.08. The molecule has 0 saturated carbocycles. The normalized spacial score (nSPS) is 10.9. The van der Waals surface area contributed by atoms with E-state index in [1.165, 1.54) is 4.72 Å². The molecule has 0 aliphatic carbocycles. The molecule has 0 heterocycles. The standard InChI is InChI=1S/C9H11NO4S/c11-9(12)10-15(13,14)7-6-8-4-2-1-3-5-8/h1-5,10H,6-7H2,(H,11,12). The Morgan fingerprint density at radius 1 is 1.27 bits per heavy atom. The Balaban J connectivity index is 2.54. The molecule has 0 fully saturated rings. The van der Waals surface area contributed by atoms with Gasteiger partial charge in [-0.1, -0.05) is 30.3 Å². The number of rotatable bonds is 4. The van der Waals surface area contributed by atoms with Crippen LogP contribution < -0.4 is 4.72 Å². The van der Waals surface area contributed by atoms with Crippen LogP contribution in [0.4, 0.5) is 4.79 Å². The summed E-state index contributed by atoms with van der Waals surface area (Å²) >= 11 is 0. The molecule has 1 aromatic carbocycles. The number of aryl methyl sites for hydroxylation is 1. The van der Waals surface area contributed by atoms with Crippen LogP contribution in [0, 0.1) is 0 Å². The van der Waals surface area contributed by atoms with E-state index < -0.39 is 16.1 Å². The second-order valence-electron chi connectivity index (χ2n) is 2.96. The van der Waals surface area contributed by atoms with Crippen LogP contribution in [0.1, 0.15) is 5.56 Å². The van der Waals surface area contributed by atoms with Crippen molar-refractivity contribution < 1.29 is 18.3 Å². The van der Waals surface area contributed by atoms with Crippen LogP contribution in [-0.2, 0) is 16.4 Å². The number of carbonyl (C=O) groups is 1. The largest absolute Gasteiger partial charge is 0.464 e. The van der Waals surface area contributed by atoms with E-state index in [0.29, 0.717) is 6.42 Å². The lowest BCUT2D eigenvalue weighted by molar-refractivity contribution is 0.201. The van der Waals surface area contributed by atoms with Crippen molar-refractivity contribution in [1.82, 2.24) is 4.72 Å². The van der Waals surface area contributed by atoms with E-state index >= 15 is 0 Å². The summed E-state index contributed by atoms with van der Waals surface area (Å²) in [5.41, 5.74) is 0.855. The van der Waals surface area contributed by atoms with Gasteiger partial charge in [-0.3, -0.25) is 0 Å². The molecule has 6 heteroatoms. The van der Waals surface area contributed by atoms with Gasteiger partial charge in [-0.05, 0) is 12.0 Å². The first kappa shape index (κ1) is 11.5. The van der Waals surface area contributed by atoms with Gasteiger partial charge in [0.25, 0.3) is 0 Å². The number of hydrogen-bond donors (Lipinski definition) is 2. The topological polar surface area (TPSA) is 83.5 Å². The van der Waals surface area contributed by atoms with Gasteiger partial charge in [-0.25, -0.2) is 17.9 Å². The molecule has 0 aliphatic heterocycles. The Bertz CT molecular complexity index is 427. The molecule has 0 spiro atoms. The molecule has 1 aromatic rings. The monoisotopic (exact) mass is 229 g/mol. The number of hydrogen-bond acceptors (Lipinski definition) is 3. The van der Waals surface area contributed by atoms with Gasteiger partial charge in [0, 0.05) is 0 Å². The Labute approximate surface area is 87.8 Å². The molecule has 2 N–H and O–H groups in total. The summed E-state index contributed by atoms with van der Waals surface area (Å²) in [5, 5.41) is 8.26. The zero-order valence-corrected chi connectivity index (χ0v) is 8.70. The predicted octanol–water partition coefficient (Wildman–Crippen LogP) is 0.827. The van der Waals surface area contributed by atoms with Crippen LogP contribution >= 0.6 is 0 Å². The molecule has 1 rings (SSSR count). The Morgan fingerprint density at radius 2 is 1.87 bits per heavy atom. The molecule has 0 saturated heterocycles. The quantitative estimate of drug-likeness (QED) is 0.800. The molecular formula is C9H11NO4S. The van der Waals surface area contributed by atoms with Gasteiger partial charge in [0.05, 0.1) is 5.75 Å². The maximum Gasteiger partial charge on any atom is 0.418 e. The highest BCUT2D eigenvalue weighted by atomic mass is 32.2. The summed E-state index contributed by atoms with van der Waals surface area (Å²) in [4.78, 5) is 10.1. The number of nitrogens with one attached hydrogen (secondary N) is 1. The second-order valence-corrected chi connectivity index (χ2v) is 4.80. The Hall–Kier alpha value is -1.56. The fraction of sp³-hybridized carbons (Fsp3) is 0.222. The van der Waals surface area contributed by atoms with Crippen LogP contribution in [0.2, 0.25) is 0 Å². The molecule has 0 aromatic heterocycles. The van der Waals surface area contributed by atoms with Gasteiger partial charge >= 0.3 is 6.09 Å². The van der Waals surface area contributed by atoms with Crippen LogP contribution in [-0.4, -0.2) is 25.4 Å².